The average Bonchev–Trinajstić information content (AvgIpc) is 4.04. The summed E-state index contributed by atoms with van der Waals surface area (Å²) in [5, 5.41) is 4.72. The summed E-state index contributed by atoms with van der Waals surface area (Å²) < 4.78 is 8.90. The van der Waals surface area contributed by atoms with Crippen molar-refractivity contribution in [3.8, 4) is 72.4 Å². The van der Waals surface area contributed by atoms with Crippen LogP contribution in [0.25, 0.3) is 116 Å². The van der Waals surface area contributed by atoms with Crippen LogP contribution in [0.15, 0.2) is 296 Å². The van der Waals surface area contributed by atoms with Gasteiger partial charge >= 0.3 is 0 Å². The molecule has 2 aromatic heterocycles. The van der Waals surface area contributed by atoms with Gasteiger partial charge in [0.15, 0.2) is 0 Å². The standard InChI is InChI=1S/C72H48N2O/c1-4-15-49(16-5-1)53-31-39-59(40-32-53)73(61-43-35-56(36-44-61)63-23-14-24-65-64-22-11-13-26-71(64)75-72(63)65)60-41-33-54(34-42-60)52-27-29-55(30-28-52)62-21-10-12-25-68(62)74-69-45-37-57(50-17-6-2-7-18-50)47-66(69)67-48-58(38-46-70(67)74)51-19-8-3-9-20-51/h1-48H. The molecule has 0 spiro atoms. The number of furan rings is 1. The minimum atomic E-state index is 0.901. The third-order valence-corrected chi connectivity index (χ3v) is 14.9. The molecule has 0 unspecified atom stereocenters. The molecule has 2 heterocycles. The molecular formula is C72H48N2O. The molecule has 14 aromatic rings. The molecule has 352 valence electrons. The first kappa shape index (κ1) is 43.8. The van der Waals surface area contributed by atoms with E-state index in [4.69, 9.17) is 4.42 Å². The molecule has 0 atom stereocenters. The lowest BCUT2D eigenvalue weighted by Gasteiger charge is -2.26. The van der Waals surface area contributed by atoms with Crippen LogP contribution in [0.3, 0.4) is 0 Å². The third kappa shape index (κ3) is 7.95. The van der Waals surface area contributed by atoms with Crippen LogP contribution in [-0.2, 0) is 0 Å². The summed E-state index contributed by atoms with van der Waals surface area (Å²) in [6.07, 6.45) is 0. The zero-order valence-electron chi connectivity index (χ0n) is 41.0. The first-order valence-corrected chi connectivity index (χ1v) is 25.6. The molecule has 0 saturated carbocycles. The molecule has 0 bridgehead atoms. The van der Waals surface area contributed by atoms with E-state index in [1.807, 2.05) is 12.1 Å². The number of hydrogen-bond acceptors (Lipinski definition) is 2. The van der Waals surface area contributed by atoms with Crippen molar-refractivity contribution >= 4 is 60.8 Å². The lowest BCUT2D eigenvalue weighted by atomic mass is 9.98. The lowest BCUT2D eigenvalue weighted by molar-refractivity contribution is 0.670. The molecule has 0 aliphatic rings. The van der Waals surface area contributed by atoms with Gasteiger partial charge < -0.3 is 13.9 Å². The number of rotatable bonds is 10. The van der Waals surface area contributed by atoms with Crippen molar-refractivity contribution in [2.24, 2.45) is 0 Å². The molecule has 0 saturated heterocycles. The summed E-state index contributed by atoms with van der Waals surface area (Å²) in [6.45, 7) is 0. The predicted octanol–water partition coefficient (Wildman–Crippen LogP) is 20.2. The predicted molar refractivity (Wildman–Crippen MR) is 315 cm³/mol. The molecule has 0 amide bonds. The smallest absolute Gasteiger partial charge is 0.143 e. The van der Waals surface area contributed by atoms with Crippen LogP contribution in [0.2, 0.25) is 0 Å². The fourth-order valence-corrected chi connectivity index (χ4v) is 11.1. The largest absolute Gasteiger partial charge is 0.455 e. The van der Waals surface area contributed by atoms with Gasteiger partial charge in [-0.25, -0.2) is 0 Å². The van der Waals surface area contributed by atoms with Gasteiger partial charge in [-0.05, 0) is 128 Å². The van der Waals surface area contributed by atoms with E-state index in [9.17, 15) is 0 Å². The van der Waals surface area contributed by atoms with Crippen molar-refractivity contribution in [3.63, 3.8) is 0 Å². The quantitative estimate of drug-likeness (QED) is 0.136. The highest BCUT2D eigenvalue weighted by molar-refractivity contribution is 6.12. The number of anilines is 3. The van der Waals surface area contributed by atoms with Gasteiger partial charge in [0, 0.05) is 49.7 Å². The second kappa shape index (κ2) is 18.6. The van der Waals surface area contributed by atoms with Crippen LogP contribution in [0, 0.1) is 0 Å². The van der Waals surface area contributed by atoms with Crippen LogP contribution in [-0.4, -0.2) is 4.57 Å². The summed E-state index contributed by atoms with van der Waals surface area (Å²) in [5.74, 6) is 0. The van der Waals surface area contributed by atoms with Crippen molar-refractivity contribution < 1.29 is 4.42 Å². The average molecular weight is 957 g/mol. The molecule has 14 rings (SSSR count). The number of aromatic nitrogens is 1. The zero-order valence-corrected chi connectivity index (χ0v) is 41.0. The number of hydrogen-bond donors (Lipinski definition) is 0. The Hall–Kier alpha value is -9.96. The first-order chi connectivity index (χ1) is 37.2. The summed E-state index contributed by atoms with van der Waals surface area (Å²) in [7, 11) is 0. The highest BCUT2D eigenvalue weighted by atomic mass is 16.3. The number of benzene rings is 12. The molecule has 3 heteroatoms. The Balaban J connectivity index is 0.804. The van der Waals surface area contributed by atoms with Crippen molar-refractivity contribution in [1.29, 1.82) is 0 Å². The van der Waals surface area contributed by atoms with E-state index in [1.165, 1.54) is 60.8 Å². The maximum absolute atomic E-state index is 6.45. The molecule has 75 heavy (non-hydrogen) atoms. The van der Waals surface area contributed by atoms with E-state index in [0.717, 1.165) is 72.5 Å². The van der Waals surface area contributed by atoms with E-state index in [2.05, 4.69) is 289 Å². The first-order valence-electron chi connectivity index (χ1n) is 25.6. The summed E-state index contributed by atoms with van der Waals surface area (Å²) in [6, 6.07) is 105. The van der Waals surface area contributed by atoms with Crippen molar-refractivity contribution in [3.05, 3.63) is 291 Å². The van der Waals surface area contributed by atoms with Gasteiger partial charge in [0.1, 0.15) is 11.2 Å². The Bertz CT molecular complexity index is 4250. The van der Waals surface area contributed by atoms with Gasteiger partial charge in [-0.15, -0.1) is 0 Å². The molecule has 0 N–H and O–H groups in total. The van der Waals surface area contributed by atoms with E-state index in [1.54, 1.807) is 0 Å². The molecule has 0 fully saturated rings. The molecule has 3 nitrogen and oxygen atoms in total. The third-order valence-electron chi connectivity index (χ3n) is 14.9. The van der Waals surface area contributed by atoms with Crippen LogP contribution < -0.4 is 4.90 Å². The Morgan fingerprint density at radius 3 is 1.17 bits per heavy atom. The van der Waals surface area contributed by atoms with E-state index >= 15 is 0 Å². The monoisotopic (exact) mass is 956 g/mol. The number of para-hydroxylation sites is 3. The molecular weight excluding hydrogens is 909 g/mol. The van der Waals surface area contributed by atoms with Crippen LogP contribution in [0.5, 0.6) is 0 Å². The van der Waals surface area contributed by atoms with Gasteiger partial charge in [-0.1, -0.05) is 218 Å². The fraction of sp³-hybridized carbons (Fsp3) is 0. The second-order valence-electron chi connectivity index (χ2n) is 19.2. The molecule has 0 aliphatic carbocycles. The maximum Gasteiger partial charge on any atom is 0.143 e. The number of fused-ring (bicyclic) bond motifs is 6. The Kier molecular flexibility index (Phi) is 10.8. The van der Waals surface area contributed by atoms with Gasteiger partial charge in [0.2, 0.25) is 0 Å². The van der Waals surface area contributed by atoms with Crippen molar-refractivity contribution in [1.82, 2.24) is 4.57 Å². The van der Waals surface area contributed by atoms with Crippen LogP contribution >= 0.6 is 0 Å². The minimum Gasteiger partial charge on any atom is -0.455 e. The maximum atomic E-state index is 6.45. The fourth-order valence-electron chi connectivity index (χ4n) is 11.1. The normalized spacial score (nSPS) is 11.5. The Labute approximate surface area is 436 Å². The highest BCUT2D eigenvalue weighted by Gasteiger charge is 2.19. The highest BCUT2D eigenvalue weighted by Crippen LogP contribution is 2.43. The van der Waals surface area contributed by atoms with Crippen molar-refractivity contribution in [2.45, 2.75) is 0 Å². The van der Waals surface area contributed by atoms with E-state index in [0.29, 0.717) is 0 Å². The Morgan fingerprint density at radius 2 is 0.627 bits per heavy atom. The summed E-state index contributed by atoms with van der Waals surface area (Å²) in [4.78, 5) is 2.34. The SMILES string of the molecule is c1ccc(-c2ccc(N(c3ccc(-c4ccc(-c5ccccc5-n5c6ccc(-c7ccccc7)cc6c6cc(-c7ccccc7)ccc65)cc4)cc3)c3ccc(-c4cccc5c4oc4ccccc45)cc3)cc2)cc1. The van der Waals surface area contributed by atoms with Gasteiger partial charge in [-0.3, -0.25) is 0 Å². The van der Waals surface area contributed by atoms with Crippen LogP contribution in [0.4, 0.5) is 17.1 Å². The number of nitrogens with zero attached hydrogens (tertiary/aromatic N) is 2. The molecule has 0 aliphatic heterocycles. The minimum absolute atomic E-state index is 0.901. The summed E-state index contributed by atoms with van der Waals surface area (Å²) >= 11 is 0. The van der Waals surface area contributed by atoms with Crippen molar-refractivity contribution in [2.75, 3.05) is 4.90 Å². The topological polar surface area (TPSA) is 21.3 Å². The van der Waals surface area contributed by atoms with E-state index in [-0.39, 0.29) is 0 Å². The second-order valence-corrected chi connectivity index (χ2v) is 19.2. The van der Waals surface area contributed by atoms with Crippen LogP contribution in [0.1, 0.15) is 0 Å². The molecule has 12 aromatic carbocycles. The molecule has 0 radical (unpaired) electrons. The summed E-state index contributed by atoms with van der Waals surface area (Å²) in [5.41, 5.74) is 22.6. The van der Waals surface area contributed by atoms with Gasteiger partial charge in [-0.2, -0.15) is 0 Å². The lowest BCUT2D eigenvalue weighted by Crippen LogP contribution is -2.09. The van der Waals surface area contributed by atoms with Gasteiger partial charge in [0.25, 0.3) is 0 Å². The Morgan fingerprint density at radius 1 is 0.253 bits per heavy atom. The van der Waals surface area contributed by atoms with E-state index < -0.39 is 0 Å². The zero-order chi connectivity index (χ0) is 49.7. The van der Waals surface area contributed by atoms with Gasteiger partial charge in [0.05, 0.1) is 16.7 Å².